The van der Waals surface area contributed by atoms with Crippen molar-refractivity contribution in [2.45, 2.75) is 25.5 Å². The monoisotopic (exact) mass is 557 g/mol. The van der Waals surface area contributed by atoms with Gasteiger partial charge in [0, 0.05) is 22.5 Å². The lowest BCUT2D eigenvalue weighted by Crippen LogP contribution is -2.39. The first-order valence-electron chi connectivity index (χ1n) is 11.9. The van der Waals surface area contributed by atoms with Crippen LogP contribution in [0.15, 0.2) is 54.6 Å². The van der Waals surface area contributed by atoms with E-state index in [4.69, 9.17) is 31.0 Å². The maximum absolute atomic E-state index is 14.8. The lowest BCUT2D eigenvalue weighted by atomic mass is 9.88. The van der Waals surface area contributed by atoms with Crippen LogP contribution in [-0.4, -0.2) is 45.6 Å². The molecule has 202 valence electrons. The number of benzene rings is 3. The van der Waals surface area contributed by atoms with Crippen LogP contribution in [0, 0.1) is 11.6 Å². The number of hydroxylamine groups is 2. The zero-order chi connectivity index (χ0) is 27.7. The molecular weight excluding hydrogens is 536 g/mol. The maximum atomic E-state index is 14.8. The lowest BCUT2D eigenvalue weighted by molar-refractivity contribution is -0.156. The molecule has 1 aliphatic rings. The highest BCUT2D eigenvalue weighted by Crippen LogP contribution is 2.42. The molecule has 0 radical (unpaired) electrons. The third-order valence-electron chi connectivity index (χ3n) is 6.38. The number of carboxylic acids is 1. The molecule has 12 heteroatoms. The van der Waals surface area contributed by atoms with E-state index in [2.05, 4.69) is 10.2 Å². The molecule has 3 aromatic carbocycles. The van der Waals surface area contributed by atoms with Crippen LogP contribution >= 0.6 is 11.6 Å². The Labute approximate surface area is 225 Å². The molecule has 0 amide bonds. The summed E-state index contributed by atoms with van der Waals surface area (Å²) in [5, 5.41) is 18.5. The first kappa shape index (κ1) is 26.4. The van der Waals surface area contributed by atoms with Gasteiger partial charge in [0.25, 0.3) is 0 Å². The Bertz CT molecular complexity index is 1560. The van der Waals surface area contributed by atoms with Crippen LogP contribution in [-0.2, 0) is 20.8 Å². The van der Waals surface area contributed by atoms with E-state index >= 15 is 0 Å². The second-order valence-electron chi connectivity index (χ2n) is 8.84. The number of ether oxygens (including phenoxy) is 2. The van der Waals surface area contributed by atoms with Crippen molar-refractivity contribution in [2.75, 3.05) is 13.2 Å². The lowest BCUT2D eigenvalue weighted by Gasteiger charge is -2.36. The van der Waals surface area contributed by atoms with E-state index in [9.17, 15) is 18.4 Å². The van der Waals surface area contributed by atoms with Crippen LogP contribution in [0.1, 0.15) is 41.5 Å². The van der Waals surface area contributed by atoms with Crippen molar-refractivity contribution in [3.63, 3.8) is 0 Å². The van der Waals surface area contributed by atoms with Crippen molar-refractivity contribution in [2.24, 2.45) is 0 Å². The van der Waals surface area contributed by atoms with Crippen molar-refractivity contribution >= 4 is 34.6 Å². The molecule has 4 aromatic rings. The number of carbonyl (C=O) groups excluding carboxylic acids is 1. The van der Waals surface area contributed by atoms with Gasteiger partial charge in [-0.3, -0.25) is 5.10 Å². The van der Waals surface area contributed by atoms with Crippen LogP contribution < -0.4 is 4.74 Å². The highest BCUT2D eigenvalue weighted by molar-refractivity contribution is 6.30. The smallest absolute Gasteiger partial charge is 0.482 e. The molecule has 2 heterocycles. The quantitative estimate of drug-likeness (QED) is 0.277. The van der Waals surface area contributed by atoms with Gasteiger partial charge >= 0.3 is 12.1 Å². The molecule has 1 aliphatic heterocycles. The summed E-state index contributed by atoms with van der Waals surface area (Å²) in [6.45, 7) is 0.959. The highest BCUT2D eigenvalue weighted by Gasteiger charge is 2.37. The van der Waals surface area contributed by atoms with Crippen LogP contribution in [0.5, 0.6) is 5.75 Å². The Hall–Kier alpha value is -4.22. The standard InChI is InChI=1S/C27H22ClF2N3O6/c1-14(25-18-4-2-3-5-21(18)31-32-25)38-27(36)39-33-11-10-16-17(7-8-20(29)24(16)30)26(33)19-12-15(28)6-9-22(19)37-13-23(34)35/h2-9,12,14,26H,10-11,13H2,1H3,(H,31,32)(H,34,35)/t14?,26-/m0/s1. The summed E-state index contributed by atoms with van der Waals surface area (Å²) in [5.41, 5.74) is 1.95. The molecule has 0 saturated heterocycles. The minimum Gasteiger partial charge on any atom is -0.482 e. The van der Waals surface area contributed by atoms with E-state index < -0.39 is 42.5 Å². The number of aromatic nitrogens is 2. The van der Waals surface area contributed by atoms with Crippen LogP contribution in [0.2, 0.25) is 5.02 Å². The number of carbonyl (C=O) groups is 2. The van der Waals surface area contributed by atoms with Gasteiger partial charge in [-0.25, -0.2) is 18.4 Å². The Morgan fingerprint density at radius 3 is 2.77 bits per heavy atom. The molecule has 9 nitrogen and oxygen atoms in total. The summed E-state index contributed by atoms with van der Waals surface area (Å²) >= 11 is 6.24. The number of aliphatic carboxylic acids is 1. The van der Waals surface area contributed by atoms with Crippen LogP contribution in [0.25, 0.3) is 10.9 Å². The predicted molar refractivity (Wildman–Crippen MR) is 135 cm³/mol. The topological polar surface area (TPSA) is 114 Å². The Kier molecular flexibility index (Phi) is 7.36. The Balaban J connectivity index is 1.47. The summed E-state index contributed by atoms with van der Waals surface area (Å²) < 4.78 is 39.8. The van der Waals surface area contributed by atoms with Gasteiger partial charge in [0.1, 0.15) is 17.9 Å². The van der Waals surface area contributed by atoms with Gasteiger partial charge in [-0.05, 0) is 54.8 Å². The molecule has 0 saturated carbocycles. The van der Waals surface area contributed by atoms with Crippen LogP contribution in [0.4, 0.5) is 13.6 Å². The van der Waals surface area contributed by atoms with E-state index in [1.54, 1.807) is 6.92 Å². The van der Waals surface area contributed by atoms with E-state index in [0.29, 0.717) is 16.8 Å². The number of halogens is 3. The molecule has 0 aliphatic carbocycles. The fraction of sp³-hybridized carbons (Fsp3) is 0.222. The number of rotatable bonds is 7. The van der Waals surface area contributed by atoms with Gasteiger partial charge in [0.2, 0.25) is 0 Å². The average Bonchev–Trinajstić information content (AvgIpc) is 3.34. The van der Waals surface area contributed by atoms with E-state index in [0.717, 1.165) is 11.5 Å². The van der Waals surface area contributed by atoms with Crippen molar-refractivity contribution in [1.29, 1.82) is 0 Å². The fourth-order valence-corrected chi connectivity index (χ4v) is 4.84. The van der Waals surface area contributed by atoms with E-state index in [-0.39, 0.29) is 34.9 Å². The number of nitrogens with one attached hydrogen (secondary N) is 1. The van der Waals surface area contributed by atoms with Crippen molar-refractivity contribution in [3.8, 4) is 5.75 Å². The largest absolute Gasteiger partial charge is 0.528 e. The minimum absolute atomic E-state index is 0.0231. The molecule has 0 spiro atoms. The second kappa shape index (κ2) is 10.9. The molecular formula is C27H22ClF2N3O6. The molecule has 2 atom stereocenters. The number of hydrogen-bond donors (Lipinski definition) is 2. The number of H-pyrrole nitrogens is 1. The molecule has 5 rings (SSSR count). The molecule has 2 N–H and O–H groups in total. The van der Waals surface area contributed by atoms with Crippen LogP contribution in [0.3, 0.4) is 0 Å². The van der Waals surface area contributed by atoms with Gasteiger partial charge in [0.15, 0.2) is 18.2 Å². The zero-order valence-corrected chi connectivity index (χ0v) is 21.2. The minimum atomic E-state index is -1.22. The zero-order valence-electron chi connectivity index (χ0n) is 20.5. The normalized spacial score (nSPS) is 15.9. The molecule has 1 aromatic heterocycles. The van der Waals surface area contributed by atoms with Gasteiger partial charge in [-0.1, -0.05) is 35.9 Å². The summed E-state index contributed by atoms with van der Waals surface area (Å²) in [7, 11) is 0. The highest BCUT2D eigenvalue weighted by atomic mass is 35.5. The van der Waals surface area contributed by atoms with Crippen molar-refractivity contribution in [1.82, 2.24) is 15.3 Å². The van der Waals surface area contributed by atoms with Crippen molar-refractivity contribution < 1.29 is 37.8 Å². The summed E-state index contributed by atoms with van der Waals surface area (Å²) in [6.07, 6.45) is -1.78. The molecule has 0 bridgehead atoms. The third-order valence-corrected chi connectivity index (χ3v) is 6.61. The second-order valence-corrected chi connectivity index (χ2v) is 9.28. The van der Waals surface area contributed by atoms with Gasteiger partial charge in [-0.2, -0.15) is 5.10 Å². The van der Waals surface area contributed by atoms with E-state index in [1.807, 2.05) is 24.3 Å². The summed E-state index contributed by atoms with van der Waals surface area (Å²) in [6, 6.07) is 13.1. The number of para-hydroxylation sites is 1. The number of aromatic amines is 1. The van der Waals surface area contributed by atoms with Gasteiger partial charge in [-0.15, -0.1) is 5.06 Å². The number of fused-ring (bicyclic) bond motifs is 2. The Morgan fingerprint density at radius 2 is 1.97 bits per heavy atom. The van der Waals surface area contributed by atoms with Gasteiger partial charge < -0.3 is 19.4 Å². The summed E-state index contributed by atoms with van der Waals surface area (Å²) in [5.74, 6) is -3.14. The SMILES string of the molecule is CC(OC(=O)ON1CCc2c(ccc(F)c2F)[C@H]1c1cc(Cl)ccc1OCC(=O)O)c1[nH]nc2ccccc12. The first-order valence-corrected chi connectivity index (χ1v) is 12.3. The number of carboxylic acid groups (broad SMARTS) is 1. The number of nitrogens with zero attached hydrogens (tertiary/aromatic N) is 2. The molecule has 0 fully saturated rings. The fourth-order valence-electron chi connectivity index (χ4n) is 4.66. The van der Waals surface area contributed by atoms with Gasteiger partial charge in [0.05, 0.1) is 11.2 Å². The van der Waals surface area contributed by atoms with E-state index in [1.165, 1.54) is 29.3 Å². The average molecular weight is 558 g/mol. The molecule has 39 heavy (non-hydrogen) atoms. The first-order chi connectivity index (χ1) is 18.7. The summed E-state index contributed by atoms with van der Waals surface area (Å²) in [4.78, 5) is 29.7. The third kappa shape index (κ3) is 5.36. The molecule has 1 unspecified atom stereocenters. The van der Waals surface area contributed by atoms with Crippen molar-refractivity contribution in [3.05, 3.63) is 93.6 Å². The maximum Gasteiger partial charge on any atom is 0.528 e. The number of hydrogen-bond acceptors (Lipinski definition) is 7. The predicted octanol–water partition coefficient (Wildman–Crippen LogP) is 5.73. The Morgan fingerprint density at radius 1 is 1.18 bits per heavy atom.